The van der Waals surface area contributed by atoms with E-state index in [2.05, 4.69) is 4.74 Å². The fourth-order valence-electron chi connectivity index (χ4n) is 1.40. The molecule has 0 aliphatic rings. The number of alkyl halides is 3. The van der Waals surface area contributed by atoms with Crippen molar-refractivity contribution in [2.24, 2.45) is 0 Å². The van der Waals surface area contributed by atoms with Crippen LogP contribution < -0.4 is 4.74 Å². The standard InChI is InChI=1S/C11H12F4O2/c1-17-9-4-2-3-7(10(9)12)8(16)5-6-11(13,14)15/h2-4,8,16H,5-6H2,1H3. The van der Waals surface area contributed by atoms with Crippen LogP contribution in [0.5, 0.6) is 5.75 Å². The van der Waals surface area contributed by atoms with E-state index in [1.807, 2.05) is 0 Å². The summed E-state index contributed by atoms with van der Waals surface area (Å²) in [5.74, 6) is -0.932. The molecule has 1 N–H and O–H groups in total. The Kier molecular flexibility index (Phi) is 4.34. The molecule has 96 valence electrons. The van der Waals surface area contributed by atoms with E-state index in [1.165, 1.54) is 25.3 Å². The summed E-state index contributed by atoms with van der Waals surface area (Å²) >= 11 is 0. The van der Waals surface area contributed by atoms with E-state index in [9.17, 15) is 22.7 Å². The molecule has 0 heterocycles. The highest BCUT2D eigenvalue weighted by Gasteiger charge is 2.29. The smallest absolute Gasteiger partial charge is 0.389 e. The number of aliphatic hydroxyl groups excluding tert-OH is 1. The van der Waals surface area contributed by atoms with Gasteiger partial charge in [-0.05, 0) is 12.5 Å². The summed E-state index contributed by atoms with van der Waals surface area (Å²) in [7, 11) is 1.24. The van der Waals surface area contributed by atoms with E-state index in [0.717, 1.165) is 0 Å². The average Bonchev–Trinajstić information content (AvgIpc) is 2.25. The monoisotopic (exact) mass is 252 g/mol. The lowest BCUT2D eigenvalue weighted by atomic mass is 10.0. The molecule has 0 bridgehead atoms. The number of hydrogen-bond acceptors (Lipinski definition) is 2. The van der Waals surface area contributed by atoms with Crippen molar-refractivity contribution in [1.82, 2.24) is 0 Å². The second-order valence-electron chi connectivity index (χ2n) is 3.53. The zero-order valence-electron chi connectivity index (χ0n) is 9.09. The molecular formula is C11H12F4O2. The van der Waals surface area contributed by atoms with E-state index in [0.29, 0.717) is 0 Å². The van der Waals surface area contributed by atoms with E-state index >= 15 is 0 Å². The maximum absolute atomic E-state index is 13.6. The molecule has 17 heavy (non-hydrogen) atoms. The van der Waals surface area contributed by atoms with Crippen LogP contribution in [0.15, 0.2) is 18.2 Å². The van der Waals surface area contributed by atoms with Gasteiger partial charge >= 0.3 is 6.18 Å². The molecule has 0 saturated carbocycles. The normalized spacial score (nSPS) is 13.5. The summed E-state index contributed by atoms with van der Waals surface area (Å²) < 4.78 is 54.1. The van der Waals surface area contributed by atoms with Crippen molar-refractivity contribution in [1.29, 1.82) is 0 Å². The first-order valence-corrected chi connectivity index (χ1v) is 4.92. The molecule has 2 nitrogen and oxygen atoms in total. The van der Waals surface area contributed by atoms with Gasteiger partial charge in [0.25, 0.3) is 0 Å². The summed E-state index contributed by atoms with van der Waals surface area (Å²) in [6.45, 7) is 0. The first-order chi connectivity index (χ1) is 7.85. The molecule has 0 spiro atoms. The number of halogens is 4. The predicted octanol–water partition coefficient (Wildman–Crippen LogP) is 3.21. The fraction of sp³-hybridized carbons (Fsp3) is 0.455. The molecule has 0 aromatic heterocycles. The van der Waals surface area contributed by atoms with E-state index in [4.69, 9.17) is 0 Å². The fourth-order valence-corrected chi connectivity index (χ4v) is 1.40. The number of ether oxygens (including phenoxy) is 1. The SMILES string of the molecule is COc1cccc(C(O)CCC(F)(F)F)c1F. The molecule has 1 aromatic carbocycles. The van der Waals surface area contributed by atoms with Gasteiger partial charge in [-0.15, -0.1) is 0 Å². The number of aliphatic hydroxyl groups is 1. The summed E-state index contributed by atoms with van der Waals surface area (Å²) in [5.41, 5.74) is -0.186. The first kappa shape index (κ1) is 13.8. The minimum atomic E-state index is -4.36. The lowest BCUT2D eigenvalue weighted by Gasteiger charge is -2.14. The third-order valence-corrected chi connectivity index (χ3v) is 2.27. The van der Waals surface area contributed by atoms with Crippen LogP contribution in [0.4, 0.5) is 17.6 Å². The van der Waals surface area contributed by atoms with Crippen LogP contribution in [-0.4, -0.2) is 18.4 Å². The molecule has 6 heteroatoms. The van der Waals surface area contributed by atoms with Crippen LogP contribution in [0.3, 0.4) is 0 Å². The van der Waals surface area contributed by atoms with Crippen molar-refractivity contribution in [3.8, 4) is 5.75 Å². The van der Waals surface area contributed by atoms with Crippen LogP contribution in [0.25, 0.3) is 0 Å². The second kappa shape index (κ2) is 5.35. The minimum Gasteiger partial charge on any atom is -0.494 e. The van der Waals surface area contributed by atoms with Gasteiger partial charge in [-0.1, -0.05) is 12.1 Å². The lowest BCUT2D eigenvalue weighted by molar-refractivity contribution is -0.140. The van der Waals surface area contributed by atoms with Gasteiger partial charge in [-0.25, -0.2) is 4.39 Å². The van der Waals surface area contributed by atoms with Gasteiger partial charge in [0.2, 0.25) is 0 Å². The summed E-state index contributed by atoms with van der Waals surface area (Å²) in [4.78, 5) is 0. The molecule has 0 amide bonds. The van der Waals surface area contributed by atoms with Crippen LogP contribution in [0.2, 0.25) is 0 Å². The highest BCUT2D eigenvalue weighted by molar-refractivity contribution is 5.32. The molecule has 1 atom stereocenters. The minimum absolute atomic E-state index is 0.103. The second-order valence-corrected chi connectivity index (χ2v) is 3.53. The number of rotatable bonds is 4. The Morgan fingerprint density at radius 2 is 2.00 bits per heavy atom. The summed E-state index contributed by atoms with van der Waals surface area (Å²) in [5, 5.41) is 9.49. The molecule has 0 aliphatic heterocycles. The Bertz CT molecular complexity index is 376. The summed E-state index contributed by atoms with van der Waals surface area (Å²) in [6, 6.07) is 3.97. The molecule has 0 fully saturated rings. The van der Waals surface area contributed by atoms with Gasteiger partial charge in [0.15, 0.2) is 11.6 Å². The Morgan fingerprint density at radius 3 is 2.53 bits per heavy atom. The van der Waals surface area contributed by atoms with E-state index in [1.54, 1.807) is 0 Å². The van der Waals surface area contributed by atoms with Gasteiger partial charge in [-0.2, -0.15) is 13.2 Å². The van der Waals surface area contributed by atoms with Crippen molar-refractivity contribution < 1.29 is 27.4 Å². The number of benzene rings is 1. The van der Waals surface area contributed by atoms with Gasteiger partial charge in [0, 0.05) is 12.0 Å². The first-order valence-electron chi connectivity index (χ1n) is 4.92. The van der Waals surface area contributed by atoms with Crippen molar-refractivity contribution in [3.05, 3.63) is 29.6 Å². The quantitative estimate of drug-likeness (QED) is 0.834. The molecule has 1 aromatic rings. The highest BCUT2D eigenvalue weighted by Crippen LogP contribution is 2.31. The molecule has 0 aliphatic carbocycles. The number of hydrogen-bond donors (Lipinski definition) is 1. The maximum Gasteiger partial charge on any atom is 0.389 e. The zero-order valence-corrected chi connectivity index (χ0v) is 9.09. The van der Waals surface area contributed by atoms with Crippen molar-refractivity contribution in [2.45, 2.75) is 25.1 Å². The topological polar surface area (TPSA) is 29.5 Å². The number of methoxy groups -OCH3 is 1. The average molecular weight is 252 g/mol. The zero-order chi connectivity index (χ0) is 13.1. The Morgan fingerprint density at radius 1 is 1.35 bits per heavy atom. The van der Waals surface area contributed by atoms with Crippen molar-refractivity contribution in [3.63, 3.8) is 0 Å². The van der Waals surface area contributed by atoms with Crippen molar-refractivity contribution >= 4 is 0 Å². The van der Waals surface area contributed by atoms with Crippen LogP contribution in [0.1, 0.15) is 24.5 Å². The Labute approximate surface area is 95.8 Å². The van der Waals surface area contributed by atoms with Gasteiger partial charge in [-0.3, -0.25) is 0 Å². The highest BCUT2D eigenvalue weighted by atomic mass is 19.4. The third kappa shape index (κ3) is 3.89. The molecular weight excluding hydrogens is 240 g/mol. The van der Waals surface area contributed by atoms with Gasteiger partial charge in [0.1, 0.15) is 0 Å². The largest absolute Gasteiger partial charge is 0.494 e. The van der Waals surface area contributed by atoms with Crippen LogP contribution >= 0.6 is 0 Å². The van der Waals surface area contributed by atoms with Gasteiger partial charge < -0.3 is 9.84 Å². The lowest BCUT2D eigenvalue weighted by Crippen LogP contribution is -2.11. The van der Waals surface area contributed by atoms with Crippen molar-refractivity contribution in [2.75, 3.05) is 7.11 Å². The van der Waals surface area contributed by atoms with Crippen LogP contribution in [-0.2, 0) is 0 Å². The van der Waals surface area contributed by atoms with Crippen LogP contribution in [0, 0.1) is 5.82 Å². The third-order valence-electron chi connectivity index (χ3n) is 2.27. The molecule has 1 unspecified atom stereocenters. The summed E-state index contributed by atoms with van der Waals surface area (Å²) in [6.07, 6.45) is -7.60. The maximum atomic E-state index is 13.6. The molecule has 0 saturated heterocycles. The van der Waals surface area contributed by atoms with Gasteiger partial charge in [0.05, 0.1) is 13.2 Å². The molecule has 0 radical (unpaired) electrons. The Hall–Kier alpha value is -1.30. The van der Waals surface area contributed by atoms with E-state index in [-0.39, 0.29) is 11.3 Å². The Balaban J connectivity index is 2.79. The van der Waals surface area contributed by atoms with E-state index < -0.39 is 30.9 Å². The molecule has 1 rings (SSSR count). The predicted molar refractivity (Wildman–Crippen MR) is 53.2 cm³/mol.